The number of likely N-dealkylation sites (tertiary alicyclic amines) is 1. The predicted molar refractivity (Wildman–Crippen MR) is 80.4 cm³/mol. The minimum absolute atomic E-state index is 0.792. The topological polar surface area (TPSA) is 23.6 Å². The summed E-state index contributed by atoms with van der Waals surface area (Å²) in [4.78, 5) is 16.7. The van der Waals surface area contributed by atoms with E-state index in [0.717, 1.165) is 30.3 Å². The molecule has 0 saturated carbocycles. The Morgan fingerprint density at radius 1 is 1.11 bits per heavy atom. The first kappa shape index (κ1) is 13.1. The van der Waals surface area contributed by atoms with Crippen LogP contribution in [0.3, 0.4) is 0 Å². The van der Waals surface area contributed by atoms with Crippen LogP contribution in [0.15, 0.2) is 11.4 Å². The van der Waals surface area contributed by atoms with Crippen molar-refractivity contribution < 1.29 is 4.79 Å². The maximum absolute atomic E-state index is 10.7. The molecule has 0 radical (unpaired) electrons. The standard InChI is InChI=1S/C15H22N2OS/c18-11-15-10-14(12-19-15)17-8-4-13(5-9-17)16-6-2-1-3-7-16/h10-13H,1-9H2. The lowest BCUT2D eigenvalue weighted by Crippen LogP contribution is -2.46. The molecule has 2 aliphatic rings. The monoisotopic (exact) mass is 278 g/mol. The molecule has 2 aliphatic heterocycles. The van der Waals surface area contributed by atoms with E-state index in [4.69, 9.17) is 0 Å². The average molecular weight is 278 g/mol. The Morgan fingerprint density at radius 2 is 1.84 bits per heavy atom. The van der Waals surface area contributed by atoms with Crippen molar-refractivity contribution >= 4 is 23.3 Å². The molecule has 1 aromatic rings. The fourth-order valence-corrected chi connectivity index (χ4v) is 4.06. The van der Waals surface area contributed by atoms with Crippen LogP contribution in [-0.2, 0) is 0 Å². The highest BCUT2D eigenvalue weighted by molar-refractivity contribution is 7.12. The Morgan fingerprint density at radius 3 is 2.47 bits per heavy atom. The van der Waals surface area contributed by atoms with Crippen LogP contribution in [0, 0.1) is 0 Å². The van der Waals surface area contributed by atoms with E-state index in [1.807, 2.05) is 6.07 Å². The molecule has 0 unspecified atom stereocenters. The van der Waals surface area contributed by atoms with Crippen LogP contribution in [-0.4, -0.2) is 43.4 Å². The minimum atomic E-state index is 0.792. The van der Waals surface area contributed by atoms with Crippen LogP contribution in [0.25, 0.3) is 0 Å². The molecule has 0 aliphatic carbocycles. The summed E-state index contributed by atoms with van der Waals surface area (Å²) in [6.45, 7) is 4.88. The molecule has 104 valence electrons. The van der Waals surface area contributed by atoms with Crippen molar-refractivity contribution in [1.82, 2.24) is 4.90 Å². The number of carbonyl (C=O) groups excluding carboxylic acids is 1. The summed E-state index contributed by atoms with van der Waals surface area (Å²) >= 11 is 1.55. The number of anilines is 1. The van der Waals surface area contributed by atoms with Crippen molar-refractivity contribution in [3.05, 3.63) is 16.3 Å². The van der Waals surface area contributed by atoms with E-state index < -0.39 is 0 Å². The largest absolute Gasteiger partial charge is 0.371 e. The molecule has 0 atom stereocenters. The lowest BCUT2D eigenvalue weighted by Gasteiger charge is -2.40. The molecule has 0 spiro atoms. The number of thiophene rings is 1. The van der Waals surface area contributed by atoms with Crippen LogP contribution < -0.4 is 4.90 Å². The van der Waals surface area contributed by atoms with E-state index in [1.165, 1.54) is 50.9 Å². The number of hydrogen-bond donors (Lipinski definition) is 0. The van der Waals surface area contributed by atoms with Gasteiger partial charge in [0.2, 0.25) is 0 Å². The van der Waals surface area contributed by atoms with Crippen molar-refractivity contribution in [1.29, 1.82) is 0 Å². The van der Waals surface area contributed by atoms with Gasteiger partial charge in [0.25, 0.3) is 0 Å². The van der Waals surface area contributed by atoms with Gasteiger partial charge in [-0.3, -0.25) is 4.79 Å². The fourth-order valence-electron chi connectivity index (χ4n) is 3.34. The third-order valence-electron chi connectivity index (χ3n) is 4.46. The maximum atomic E-state index is 10.7. The van der Waals surface area contributed by atoms with Gasteiger partial charge in [-0.2, -0.15) is 0 Å². The van der Waals surface area contributed by atoms with Crippen LogP contribution >= 0.6 is 11.3 Å². The molecule has 1 aromatic heterocycles. The molecule has 0 amide bonds. The van der Waals surface area contributed by atoms with Crippen molar-refractivity contribution in [2.24, 2.45) is 0 Å². The third kappa shape index (κ3) is 3.00. The van der Waals surface area contributed by atoms with Gasteiger partial charge < -0.3 is 9.80 Å². The van der Waals surface area contributed by atoms with Gasteiger partial charge in [-0.25, -0.2) is 0 Å². The van der Waals surface area contributed by atoms with E-state index in [1.54, 1.807) is 11.3 Å². The number of carbonyl (C=O) groups is 1. The molecule has 19 heavy (non-hydrogen) atoms. The quantitative estimate of drug-likeness (QED) is 0.794. The molecular formula is C15H22N2OS. The van der Waals surface area contributed by atoms with Crippen molar-refractivity contribution in [2.75, 3.05) is 31.1 Å². The first-order valence-electron chi connectivity index (χ1n) is 7.39. The average Bonchev–Trinajstić information content (AvgIpc) is 2.97. The molecule has 0 N–H and O–H groups in total. The second-order valence-electron chi connectivity index (χ2n) is 5.64. The smallest absolute Gasteiger partial charge is 0.160 e. The van der Waals surface area contributed by atoms with E-state index in [0.29, 0.717) is 0 Å². The predicted octanol–water partition coefficient (Wildman–Crippen LogP) is 3.02. The van der Waals surface area contributed by atoms with Crippen LogP contribution in [0.1, 0.15) is 41.8 Å². The van der Waals surface area contributed by atoms with Crippen LogP contribution in [0.5, 0.6) is 0 Å². The second-order valence-corrected chi connectivity index (χ2v) is 6.58. The molecule has 4 heteroatoms. The van der Waals surface area contributed by atoms with Crippen LogP contribution in [0.4, 0.5) is 5.69 Å². The van der Waals surface area contributed by atoms with Gasteiger partial charge in [0, 0.05) is 30.2 Å². The van der Waals surface area contributed by atoms with Gasteiger partial charge in [0.1, 0.15) is 0 Å². The number of piperidine rings is 2. The van der Waals surface area contributed by atoms with E-state index >= 15 is 0 Å². The fraction of sp³-hybridized carbons (Fsp3) is 0.667. The van der Waals surface area contributed by atoms with Gasteiger partial charge >= 0.3 is 0 Å². The zero-order valence-electron chi connectivity index (χ0n) is 11.4. The van der Waals surface area contributed by atoms with Gasteiger partial charge in [-0.15, -0.1) is 11.3 Å². The molecule has 3 nitrogen and oxygen atoms in total. The molecule has 2 fully saturated rings. The summed E-state index contributed by atoms with van der Waals surface area (Å²) in [5.74, 6) is 0. The van der Waals surface area contributed by atoms with Crippen molar-refractivity contribution in [3.8, 4) is 0 Å². The number of rotatable bonds is 3. The number of nitrogens with zero attached hydrogens (tertiary/aromatic N) is 2. The highest BCUT2D eigenvalue weighted by atomic mass is 32.1. The molecule has 0 bridgehead atoms. The Bertz CT molecular complexity index is 418. The lowest BCUT2D eigenvalue weighted by atomic mass is 10.00. The van der Waals surface area contributed by atoms with Gasteiger partial charge in [0.15, 0.2) is 6.29 Å². The Kier molecular flexibility index (Phi) is 4.18. The lowest BCUT2D eigenvalue weighted by molar-refractivity contribution is 0.112. The number of aldehydes is 1. The summed E-state index contributed by atoms with van der Waals surface area (Å²) in [7, 11) is 0. The summed E-state index contributed by atoms with van der Waals surface area (Å²) < 4.78 is 0. The summed E-state index contributed by atoms with van der Waals surface area (Å²) in [6.07, 6.45) is 7.67. The molecular weight excluding hydrogens is 256 g/mol. The molecule has 2 saturated heterocycles. The normalized spacial score (nSPS) is 22.6. The van der Waals surface area contributed by atoms with Gasteiger partial charge in [-0.1, -0.05) is 6.42 Å². The van der Waals surface area contributed by atoms with Crippen molar-refractivity contribution in [2.45, 2.75) is 38.1 Å². The first-order chi connectivity index (χ1) is 9.36. The minimum Gasteiger partial charge on any atom is -0.371 e. The SMILES string of the molecule is O=Cc1cc(N2CCC(N3CCCCC3)CC2)cs1. The van der Waals surface area contributed by atoms with Crippen LogP contribution in [0.2, 0.25) is 0 Å². The van der Waals surface area contributed by atoms with E-state index in [-0.39, 0.29) is 0 Å². The maximum Gasteiger partial charge on any atom is 0.160 e. The first-order valence-corrected chi connectivity index (χ1v) is 8.27. The molecule has 3 rings (SSSR count). The summed E-state index contributed by atoms with van der Waals surface area (Å²) in [5, 5.41) is 2.12. The highest BCUT2D eigenvalue weighted by Crippen LogP contribution is 2.27. The zero-order valence-corrected chi connectivity index (χ0v) is 12.2. The highest BCUT2D eigenvalue weighted by Gasteiger charge is 2.25. The Balaban J connectivity index is 1.55. The summed E-state index contributed by atoms with van der Waals surface area (Å²) in [5.41, 5.74) is 1.24. The van der Waals surface area contributed by atoms with Crippen molar-refractivity contribution in [3.63, 3.8) is 0 Å². The second kappa shape index (κ2) is 6.06. The third-order valence-corrected chi connectivity index (χ3v) is 5.30. The molecule has 3 heterocycles. The van der Waals surface area contributed by atoms with Gasteiger partial charge in [0.05, 0.1) is 4.88 Å². The van der Waals surface area contributed by atoms with E-state index in [9.17, 15) is 4.79 Å². The zero-order chi connectivity index (χ0) is 13.1. The van der Waals surface area contributed by atoms with E-state index in [2.05, 4.69) is 15.2 Å². The Labute approximate surface area is 119 Å². The molecule has 0 aromatic carbocycles. The number of hydrogen-bond acceptors (Lipinski definition) is 4. The Hall–Kier alpha value is -0.870. The summed E-state index contributed by atoms with van der Waals surface area (Å²) in [6, 6.07) is 2.82. The van der Waals surface area contributed by atoms with Gasteiger partial charge in [-0.05, 0) is 44.8 Å².